The molecule has 1 aromatic rings. The van der Waals surface area contributed by atoms with Crippen molar-refractivity contribution in [2.45, 2.75) is 47.5 Å². The third-order valence-electron chi connectivity index (χ3n) is 3.01. The molecule has 0 heterocycles. The summed E-state index contributed by atoms with van der Waals surface area (Å²) < 4.78 is 66.5. The van der Waals surface area contributed by atoms with Crippen LogP contribution in [0.15, 0.2) is 0 Å². The topological polar surface area (TPSA) is 0 Å². The van der Waals surface area contributed by atoms with E-state index in [2.05, 4.69) is 0 Å². The Labute approximate surface area is 117 Å². The molecule has 5 heteroatoms. The van der Waals surface area contributed by atoms with E-state index in [9.17, 15) is 22.0 Å². The lowest BCUT2D eigenvalue weighted by molar-refractivity contribution is 0.322. The molecule has 0 bridgehead atoms. The lowest BCUT2D eigenvalue weighted by atomic mass is 9.79. The molecule has 0 spiro atoms. The normalized spacial score (nSPS) is 11.1. The van der Waals surface area contributed by atoms with E-state index >= 15 is 0 Å². The molecule has 0 N–H and O–H groups in total. The first-order chi connectivity index (χ1) is 9.20. The van der Waals surface area contributed by atoms with Crippen molar-refractivity contribution in [3.05, 3.63) is 34.6 Å². The van der Waals surface area contributed by atoms with Gasteiger partial charge in [0.2, 0.25) is 5.82 Å². The summed E-state index contributed by atoms with van der Waals surface area (Å²) in [5.41, 5.74) is -0.712. The standard InChI is InChI=1S/C13H15F5.C2H6/c1-5(2)7(6(3)4)8-9(14)11(16)13(18)12(17)10(8)15;1-2/h5-7H,1-4H3;1-2H3. The molecule has 0 aromatic heterocycles. The van der Waals surface area contributed by atoms with Crippen LogP contribution in [0, 0.1) is 40.9 Å². The first-order valence-corrected chi connectivity index (χ1v) is 6.71. The molecule has 0 aliphatic carbocycles. The Kier molecular flexibility index (Phi) is 7.17. The van der Waals surface area contributed by atoms with E-state index in [1.165, 1.54) is 0 Å². The molecular formula is C15H21F5. The number of hydrogen-bond donors (Lipinski definition) is 0. The van der Waals surface area contributed by atoms with Gasteiger partial charge in [0, 0.05) is 5.56 Å². The molecule has 0 unspecified atom stereocenters. The maximum Gasteiger partial charge on any atom is 0.200 e. The molecular weight excluding hydrogens is 275 g/mol. The molecule has 1 rings (SSSR count). The lowest BCUT2D eigenvalue weighted by Gasteiger charge is -2.26. The number of halogens is 5. The van der Waals surface area contributed by atoms with E-state index in [0.29, 0.717) is 0 Å². The van der Waals surface area contributed by atoms with Crippen LogP contribution >= 0.6 is 0 Å². The van der Waals surface area contributed by atoms with Gasteiger partial charge in [0.15, 0.2) is 23.3 Å². The lowest BCUT2D eigenvalue weighted by Crippen LogP contribution is -2.19. The number of hydrogen-bond acceptors (Lipinski definition) is 0. The molecule has 1 aromatic carbocycles. The highest BCUT2D eigenvalue weighted by Gasteiger charge is 2.33. The van der Waals surface area contributed by atoms with Crippen molar-refractivity contribution in [1.82, 2.24) is 0 Å². The van der Waals surface area contributed by atoms with Crippen molar-refractivity contribution in [1.29, 1.82) is 0 Å². The van der Waals surface area contributed by atoms with Crippen molar-refractivity contribution in [3.8, 4) is 0 Å². The van der Waals surface area contributed by atoms with Crippen molar-refractivity contribution >= 4 is 0 Å². The second-order valence-corrected chi connectivity index (χ2v) is 5.00. The zero-order valence-corrected chi connectivity index (χ0v) is 12.6. The minimum absolute atomic E-state index is 0.238. The van der Waals surface area contributed by atoms with Crippen molar-refractivity contribution in [2.24, 2.45) is 11.8 Å². The quantitative estimate of drug-likeness (QED) is 0.375. The van der Waals surface area contributed by atoms with Gasteiger partial charge in [0.25, 0.3) is 0 Å². The molecule has 20 heavy (non-hydrogen) atoms. The van der Waals surface area contributed by atoms with Gasteiger partial charge in [-0.25, -0.2) is 22.0 Å². The van der Waals surface area contributed by atoms with Gasteiger partial charge < -0.3 is 0 Å². The van der Waals surface area contributed by atoms with Crippen molar-refractivity contribution in [2.75, 3.05) is 0 Å². The van der Waals surface area contributed by atoms with Gasteiger partial charge in [-0.1, -0.05) is 41.5 Å². The maximum atomic E-state index is 13.7. The van der Waals surface area contributed by atoms with Gasteiger partial charge in [0.05, 0.1) is 0 Å². The maximum absolute atomic E-state index is 13.7. The zero-order chi connectivity index (χ0) is 16.2. The van der Waals surface area contributed by atoms with Gasteiger partial charge >= 0.3 is 0 Å². The van der Waals surface area contributed by atoms with E-state index in [4.69, 9.17) is 0 Å². The van der Waals surface area contributed by atoms with Crippen LogP contribution in [-0.4, -0.2) is 0 Å². The highest BCUT2D eigenvalue weighted by Crippen LogP contribution is 2.37. The van der Waals surface area contributed by atoms with E-state index in [0.717, 1.165) is 0 Å². The Hall–Kier alpha value is -1.13. The second-order valence-electron chi connectivity index (χ2n) is 5.00. The fraction of sp³-hybridized carbons (Fsp3) is 0.600. The first kappa shape index (κ1) is 18.9. The van der Waals surface area contributed by atoms with Gasteiger partial charge in [-0.15, -0.1) is 0 Å². The molecule has 0 aliphatic heterocycles. The van der Waals surface area contributed by atoms with E-state index in [-0.39, 0.29) is 11.8 Å². The fourth-order valence-corrected chi connectivity index (χ4v) is 2.35. The summed E-state index contributed by atoms with van der Waals surface area (Å²) >= 11 is 0. The first-order valence-electron chi connectivity index (χ1n) is 6.71. The molecule has 0 fully saturated rings. The molecule has 0 radical (unpaired) electrons. The van der Waals surface area contributed by atoms with Crippen LogP contribution in [0.4, 0.5) is 22.0 Å². The van der Waals surface area contributed by atoms with Crippen LogP contribution < -0.4 is 0 Å². The molecule has 0 saturated carbocycles. The van der Waals surface area contributed by atoms with Gasteiger partial charge in [-0.05, 0) is 17.8 Å². The molecule has 0 nitrogen and oxygen atoms in total. The second kappa shape index (κ2) is 7.60. The Morgan fingerprint density at radius 3 is 1.05 bits per heavy atom. The Morgan fingerprint density at radius 1 is 0.550 bits per heavy atom. The van der Waals surface area contributed by atoms with Crippen LogP contribution in [0.25, 0.3) is 0 Å². The molecule has 0 amide bonds. The highest BCUT2D eigenvalue weighted by atomic mass is 19.2. The van der Waals surface area contributed by atoms with Gasteiger partial charge in [-0.3, -0.25) is 0 Å². The van der Waals surface area contributed by atoms with Crippen LogP contribution in [0.1, 0.15) is 53.0 Å². The Morgan fingerprint density at radius 2 is 0.800 bits per heavy atom. The third kappa shape index (κ3) is 3.49. The molecule has 0 aliphatic rings. The summed E-state index contributed by atoms with van der Waals surface area (Å²) in [4.78, 5) is 0. The predicted molar refractivity (Wildman–Crippen MR) is 70.0 cm³/mol. The van der Waals surface area contributed by atoms with Gasteiger partial charge in [0.1, 0.15) is 0 Å². The predicted octanol–water partition coefficient (Wildman–Crippen LogP) is 5.80. The highest BCUT2D eigenvalue weighted by molar-refractivity contribution is 5.28. The minimum Gasteiger partial charge on any atom is -0.203 e. The average Bonchev–Trinajstić information content (AvgIpc) is 2.40. The molecule has 0 saturated heterocycles. The summed E-state index contributed by atoms with van der Waals surface area (Å²) in [5.74, 6) is -10.5. The smallest absolute Gasteiger partial charge is 0.200 e. The van der Waals surface area contributed by atoms with Crippen molar-refractivity contribution in [3.63, 3.8) is 0 Å². The number of rotatable bonds is 3. The summed E-state index contributed by atoms with van der Waals surface area (Å²) in [6.07, 6.45) is 0. The van der Waals surface area contributed by atoms with Crippen molar-refractivity contribution < 1.29 is 22.0 Å². The van der Waals surface area contributed by atoms with Crippen LogP contribution in [0.5, 0.6) is 0 Å². The van der Waals surface area contributed by atoms with E-state index in [1.807, 2.05) is 13.8 Å². The number of benzene rings is 1. The largest absolute Gasteiger partial charge is 0.203 e. The van der Waals surface area contributed by atoms with Crippen LogP contribution in [0.2, 0.25) is 0 Å². The minimum atomic E-state index is -2.11. The molecule has 116 valence electrons. The summed E-state index contributed by atoms with van der Waals surface area (Å²) in [7, 11) is 0. The van der Waals surface area contributed by atoms with E-state index in [1.54, 1.807) is 27.7 Å². The summed E-state index contributed by atoms with van der Waals surface area (Å²) in [5, 5.41) is 0. The van der Waals surface area contributed by atoms with Gasteiger partial charge in [-0.2, -0.15) is 0 Å². The SMILES string of the molecule is CC.CC(C)C(c1c(F)c(F)c(F)c(F)c1F)C(C)C. The average molecular weight is 296 g/mol. The third-order valence-corrected chi connectivity index (χ3v) is 3.01. The monoisotopic (exact) mass is 296 g/mol. The van der Waals surface area contributed by atoms with Crippen LogP contribution in [0.3, 0.4) is 0 Å². The molecule has 0 atom stereocenters. The Bertz CT molecular complexity index is 415. The van der Waals surface area contributed by atoms with E-state index < -0.39 is 40.6 Å². The fourth-order valence-electron chi connectivity index (χ4n) is 2.35. The Balaban J connectivity index is 0.00000172. The zero-order valence-electron chi connectivity index (χ0n) is 12.6. The van der Waals surface area contributed by atoms with Crippen LogP contribution in [-0.2, 0) is 0 Å². The summed E-state index contributed by atoms with van der Waals surface area (Å²) in [6.45, 7) is 10.7. The summed E-state index contributed by atoms with van der Waals surface area (Å²) in [6, 6.07) is 0.